The van der Waals surface area contributed by atoms with E-state index in [1.54, 1.807) is 6.20 Å². The van der Waals surface area contributed by atoms with Crippen LogP contribution in [0, 0.1) is 0 Å². The number of rotatable bonds is 12. The first-order chi connectivity index (χ1) is 16.2. The Morgan fingerprint density at radius 1 is 0.970 bits per heavy atom. The average molecular weight is 449 g/mol. The van der Waals surface area contributed by atoms with Gasteiger partial charge in [0.05, 0.1) is 11.6 Å². The first-order valence-electron chi connectivity index (χ1n) is 11.5. The van der Waals surface area contributed by atoms with Crippen molar-refractivity contribution in [3.63, 3.8) is 0 Å². The average Bonchev–Trinajstić information content (AvgIpc) is 2.85. The Bertz CT molecular complexity index is 907. The number of aliphatic carboxylic acids is 1. The molecule has 0 aliphatic heterocycles. The van der Waals surface area contributed by atoms with Crippen LogP contribution in [-0.2, 0) is 11.2 Å². The topological polar surface area (TPSA) is 86.3 Å². The minimum absolute atomic E-state index is 0.418. The molecule has 2 aromatic carbocycles. The van der Waals surface area contributed by atoms with Gasteiger partial charge in [-0.3, -0.25) is 4.79 Å². The highest BCUT2D eigenvalue weighted by molar-refractivity contribution is 5.76. The second-order valence-electron chi connectivity index (χ2n) is 7.63. The molecule has 0 fully saturated rings. The highest BCUT2D eigenvalue weighted by atomic mass is 16.4. The summed E-state index contributed by atoms with van der Waals surface area (Å²) in [6, 6.07) is 23.9. The molecule has 4 N–H and O–H groups in total. The molecule has 0 spiro atoms. The van der Waals surface area contributed by atoms with E-state index in [1.807, 2.05) is 80.7 Å². The predicted octanol–water partition coefficient (Wildman–Crippen LogP) is 5.02. The second kappa shape index (κ2) is 15.4. The summed E-state index contributed by atoms with van der Waals surface area (Å²) in [6.07, 6.45) is 4.28. The molecule has 176 valence electrons. The molecule has 0 saturated heterocycles. The molecule has 0 aliphatic rings. The molecule has 33 heavy (non-hydrogen) atoms. The fraction of sp³-hybridized carbons (Fsp3) is 0.333. The lowest BCUT2D eigenvalue weighted by Gasteiger charge is -2.12. The monoisotopic (exact) mass is 448 g/mol. The Hall–Kier alpha value is -3.38. The minimum Gasteiger partial charge on any atom is -0.481 e. The van der Waals surface area contributed by atoms with Crippen LogP contribution in [0.3, 0.4) is 0 Å². The zero-order chi connectivity index (χ0) is 23.7. The first kappa shape index (κ1) is 25.9. The highest BCUT2D eigenvalue weighted by Gasteiger charge is 2.17. The molecule has 3 aromatic rings. The summed E-state index contributed by atoms with van der Waals surface area (Å²) >= 11 is 0. The van der Waals surface area contributed by atoms with Gasteiger partial charge in [0.2, 0.25) is 0 Å². The third-order valence-electron chi connectivity index (χ3n) is 5.21. The Kier molecular flexibility index (Phi) is 12.1. The number of hydrogen-bond acceptors (Lipinski definition) is 5. The molecule has 0 bridgehead atoms. The van der Waals surface area contributed by atoms with Crippen molar-refractivity contribution in [2.75, 3.05) is 37.3 Å². The quantitative estimate of drug-likeness (QED) is 0.291. The standard InChI is InChI=1S/C21H30N4O2.C6H6/c1-3-18(21(26)27)17-8-4-7-16(15-17)10-14-23-11-6-13-24-19-9-5-12-25-20(19)22-2;1-2-4-6-5-3-1/h4-5,7-9,12,15,18,23-24H,3,6,10-11,13-14H2,1-2H3,(H,22,25)(H,26,27);1-6H. The summed E-state index contributed by atoms with van der Waals surface area (Å²) in [6.45, 7) is 4.59. The van der Waals surface area contributed by atoms with Crippen molar-refractivity contribution >= 4 is 17.5 Å². The molecule has 6 heteroatoms. The van der Waals surface area contributed by atoms with Crippen LogP contribution in [0.5, 0.6) is 0 Å². The molecular weight excluding hydrogens is 412 g/mol. The van der Waals surface area contributed by atoms with E-state index in [1.165, 1.54) is 5.56 Å². The van der Waals surface area contributed by atoms with Gasteiger partial charge in [-0.05, 0) is 55.6 Å². The van der Waals surface area contributed by atoms with Crippen LogP contribution < -0.4 is 16.0 Å². The number of nitrogens with zero attached hydrogens (tertiary/aromatic N) is 1. The third kappa shape index (κ3) is 9.74. The molecule has 0 saturated carbocycles. The maximum Gasteiger partial charge on any atom is 0.310 e. The van der Waals surface area contributed by atoms with Gasteiger partial charge in [-0.2, -0.15) is 0 Å². The normalized spacial score (nSPS) is 11.1. The van der Waals surface area contributed by atoms with Gasteiger partial charge in [0, 0.05) is 19.8 Å². The van der Waals surface area contributed by atoms with Crippen LogP contribution in [-0.4, -0.2) is 42.7 Å². The van der Waals surface area contributed by atoms with E-state index < -0.39 is 11.9 Å². The second-order valence-corrected chi connectivity index (χ2v) is 7.63. The van der Waals surface area contributed by atoms with Crippen molar-refractivity contribution in [3.05, 3.63) is 90.1 Å². The van der Waals surface area contributed by atoms with Gasteiger partial charge >= 0.3 is 5.97 Å². The number of aromatic nitrogens is 1. The van der Waals surface area contributed by atoms with Crippen molar-refractivity contribution in [1.82, 2.24) is 10.3 Å². The molecule has 6 nitrogen and oxygen atoms in total. The lowest BCUT2D eigenvalue weighted by atomic mass is 9.94. The van der Waals surface area contributed by atoms with E-state index in [-0.39, 0.29) is 0 Å². The van der Waals surface area contributed by atoms with E-state index in [9.17, 15) is 9.90 Å². The summed E-state index contributed by atoms with van der Waals surface area (Å²) in [5, 5.41) is 19.2. The summed E-state index contributed by atoms with van der Waals surface area (Å²) in [5.74, 6) is -0.314. The van der Waals surface area contributed by atoms with Gasteiger partial charge in [-0.1, -0.05) is 67.6 Å². The summed E-state index contributed by atoms with van der Waals surface area (Å²) in [7, 11) is 1.86. The van der Waals surface area contributed by atoms with Gasteiger partial charge in [-0.15, -0.1) is 0 Å². The largest absolute Gasteiger partial charge is 0.481 e. The third-order valence-corrected chi connectivity index (χ3v) is 5.21. The van der Waals surface area contributed by atoms with E-state index in [4.69, 9.17) is 0 Å². The summed E-state index contributed by atoms with van der Waals surface area (Å²) in [4.78, 5) is 15.6. The number of carbonyl (C=O) groups is 1. The molecular formula is C27H36N4O2. The van der Waals surface area contributed by atoms with Crippen LogP contribution >= 0.6 is 0 Å². The predicted molar refractivity (Wildman–Crippen MR) is 137 cm³/mol. The van der Waals surface area contributed by atoms with Gasteiger partial charge in [-0.25, -0.2) is 4.98 Å². The Morgan fingerprint density at radius 2 is 1.70 bits per heavy atom. The number of carboxylic acids is 1. The molecule has 1 aromatic heterocycles. The summed E-state index contributed by atoms with van der Waals surface area (Å²) in [5.41, 5.74) is 3.08. The molecule has 1 atom stereocenters. The molecule has 1 heterocycles. The zero-order valence-electron chi connectivity index (χ0n) is 19.6. The van der Waals surface area contributed by atoms with Crippen molar-refractivity contribution < 1.29 is 9.90 Å². The van der Waals surface area contributed by atoms with Crippen LogP contribution in [0.15, 0.2) is 79.0 Å². The fourth-order valence-corrected chi connectivity index (χ4v) is 3.44. The summed E-state index contributed by atoms with van der Waals surface area (Å²) < 4.78 is 0. The van der Waals surface area contributed by atoms with E-state index in [2.05, 4.69) is 27.0 Å². The van der Waals surface area contributed by atoms with Crippen LogP contribution in [0.4, 0.5) is 11.5 Å². The van der Waals surface area contributed by atoms with E-state index in [0.29, 0.717) is 6.42 Å². The molecule has 3 rings (SSSR count). The number of nitrogens with one attached hydrogen (secondary N) is 3. The van der Waals surface area contributed by atoms with E-state index >= 15 is 0 Å². The number of anilines is 2. The number of hydrogen-bond donors (Lipinski definition) is 4. The molecule has 0 amide bonds. The van der Waals surface area contributed by atoms with Crippen LogP contribution in [0.1, 0.15) is 36.8 Å². The first-order valence-corrected chi connectivity index (χ1v) is 11.5. The number of benzene rings is 2. The Morgan fingerprint density at radius 3 is 2.33 bits per heavy atom. The lowest BCUT2D eigenvalue weighted by Crippen LogP contribution is -2.21. The fourth-order valence-electron chi connectivity index (χ4n) is 3.44. The van der Waals surface area contributed by atoms with Crippen LogP contribution in [0.25, 0.3) is 0 Å². The smallest absolute Gasteiger partial charge is 0.310 e. The lowest BCUT2D eigenvalue weighted by molar-refractivity contribution is -0.138. The Labute approximate surface area is 197 Å². The maximum atomic E-state index is 11.3. The Balaban J connectivity index is 0.000000554. The van der Waals surface area contributed by atoms with Gasteiger partial charge in [0.1, 0.15) is 5.82 Å². The van der Waals surface area contributed by atoms with Crippen LogP contribution in [0.2, 0.25) is 0 Å². The van der Waals surface area contributed by atoms with Gasteiger partial charge in [0.25, 0.3) is 0 Å². The van der Waals surface area contributed by atoms with Crippen molar-refractivity contribution in [2.24, 2.45) is 0 Å². The van der Waals surface area contributed by atoms with Gasteiger partial charge < -0.3 is 21.1 Å². The number of carboxylic acid groups (broad SMARTS) is 1. The maximum absolute atomic E-state index is 11.3. The van der Waals surface area contributed by atoms with Gasteiger partial charge in [0.15, 0.2) is 0 Å². The van der Waals surface area contributed by atoms with Crippen molar-refractivity contribution in [2.45, 2.75) is 32.1 Å². The SMILES string of the molecule is CCC(C(=O)O)c1cccc(CCNCCCNc2cccnc2NC)c1.c1ccccc1. The highest BCUT2D eigenvalue weighted by Crippen LogP contribution is 2.21. The van der Waals surface area contributed by atoms with Crippen molar-refractivity contribution in [3.8, 4) is 0 Å². The molecule has 1 unspecified atom stereocenters. The number of pyridine rings is 1. The van der Waals surface area contributed by atoms with E-state index in [0.717, 1.165) is 49.5 Å². The zero-order valence-corrected chi connectivity index (χ0v) is 19.6. The molecule has 0 aliphatic carbocycles. The minimum atomic E-state index is -0.754. The molecule has 0 radical (unpaired) electrons. The van der Waals surface area contributed by atoms with Crippen molar-refractivity contribution in [1.29, 1.82) is 0 Å².